The van der Waals surface area contributed by atoms with Gasteiger partial charge in [-0.25, -0.2) is 4.98 Å². The van der Waals surface area contributed by atoms with Crippen molar-refractivity contribution in [2.24, 2.45) is 11.8 Å². The summed E-state index contributed by atoms with van der Waals surface area (Å²) in [4.78, 5) is 32.2. The van der Waals surface area contributed by atoms with Crippen LogP contribution in [0.25, 0.3) is 0 Å². The van der Waals surface area contributed by atoms with Gasteiger partial charge in [0.1, 0.15) is 11.6 Å². The zero-order valence-electron chi connectivity index (χ0n) is 20.2. The summed E-state index contributed by atoms with van der Waals surface area (Å²) < 4.78 is 5.26. The molecule has 0 unspecified atom stereocenters. The number of nitrogens with zero attached hydrogens (tertiary/aromatic N) is 2. The first-order valence-corrected chi connectivity index (χ1v) is 12.0. The Morgan fingerprint density at radius 3 is 2.37 bits per heavy atom. The van der Waals surface area contributed by atoms with Crippen molar-refractivity contribution in [2.45, 2.75) is 19.8 Å². The monoisotopic (exact) mass is 470 g/mol. The number of nitrogens with one attached hydrogen (secondary N) is 2. The maximum atomic E-state index is 13.2. The number of anilines is 2. The Hall–Kier alpha value is -3.87. The number of rotatable bonds is 7. The molecule has 180 valence electrons. The first-order chi connectivity index (χ1) is 17.0. The fourth-order valence-corrected chi connectivity index (χ4v) is 5.09. The number of ether oxygens (including phenoxy) is 1. The van der Waals surface area contributed by atoms with Crippen LogP contribution in [0.3, 0.4) is 0 Å². The molecule has 2 amide bonds. The van der Waals surface area contributed by atoms with Gasteiger partial charge in [0.15, 0.2) is 0 Å². The van der Waals surface area contributed by atoms with Crippen molar-refractivity contribution in [1.29, 1.82) is 0 Å². The fourth-order valence-electron chi connectivity index (χ4n) is 5.09. The highest BCUT2D eigenvalue weighted by atomic mass is 16.5. The molecule has 0 spiro atoms. The molecule has 7 heteroatoms. The van der Waals surface area contributed by atoms with Gasteiger partial charge in [0.25, 0.3) is 11.8 Å². The number of carbonyl (C=O) groups is 2. The van der Waals surface area contributed by atoms with Crippen LogP contribution in [0.5, 0.6) is 5.75 Å². The number of aromatic nitrogens is 1. The molecule has 7 nitrogen and oxygen atoms in total. The third kappa shape index (κ3) is 4.58. The topological polar surface area (TPSA) is 83.6 Å². The maximum Gasteiger partial charge on any atom is 0.257 e. The second-order valence-corrected chi connectivity index (χ2v) is 9.28. The summed E-state index contributed by atoms with van der Waals surface area (Å²) in [5.41, 5.74) is 3.91. The van der Waals surface area contributed by atoms with E-state index in [0.717, 1.165) is 36.8 Å². The number of hydrogen-bond acceptors (Lipinski definition) is 5. The smallest absolute Gasteiger partial charge is 0.257 e. The number of piperidine rings is 1. The van der Waals surface area contributed by atoms with E-state index in [2.05, 4.69) is 27.8 Å². The average Bonchev–Trinajstić information content (AvgIpc) is 3.38. The molecule has 2 N–H and O–H groups in total. The number of hydrogen-bond donors (Lipinski definition) is 2. The molecule has 2 heterocycles. The van der Waals surface area contributed by atoms with Crippen LogP contribution < -0.4 is 15.4 Å². The molecule has 3 atom stereocenters. The summed E-state index contributed by atoms with van der Waals surface area (Å²) in [6.07, 6.45) is 1.55. The van der Waals surface area contributed by atoms with Gasteiger partial charge in [0.2, 0.25) is 0 Å². The van der Waals surface area contributed by atoms with Crippen molar-refractivity contribution >= 4 is 23.3 Å². The van der Waals surface area contributed by atoms with Crippen molar-refractivity contribution in [3.05, 3.63) is 83.0 Å². The molecule has 2 aliphatic rings. The SMILES string of the molecule is CCNc1ccc(C(=O)Nc2cc(C(=O)N3C[C@@H]4[C@H](C3)[C@H]4c3ccc(OC)cc3)ccc2C)cn1. The molecule has 0 radical (unpaired) electrons. The Labute approximate surface area is 205 Å². The third-order valence-corrected chi connectivity index (χ3v) is 7.10. The number of fused-ring (bicyclic) bond motifs is 1. The van der Waals surface area contributed by atoms with Crippen LogP contribution >= 0.6 is 0 Å². The summed E-state index contributed by atoms with van der Waals surface area (Å²) in [5, 5.41) is 6.05. The quantitative estimate of drug-likeness (QED) is 0.529. The maximum absolute atomic E-state index is 13.2. The van der Waals surface area contributed by atoms with Crippen LogP contribution in [0.2, 0.25) is 0 Å². The lowest BCUT2D eigenvalue weighted by molar-refractivity contribution is 0.0772. The van der Waals surface area contributed by atoms with Gasteiger partial charge >= 0.3 is 0 Å². The van der Waals surface area contributed by atoms with E-state index in [-0.39, 0.29) is 11.8 Å². The molecule has 1 saturated carbocycles. The lowest BCUT2D eigenvalue weighted by atomic mass is 10.1. The van der Waals surface area contributed by atoms with Crippen molar-refractivity contribution in [2.75, 3.05) is 37.4 Å². The minimum atomic E-state index is -0.252. The Bertz CT molecular complexity index is 1230. The first kappa shape index (κ1) is 22.9. The largest absolute Gasteiger partial charge is 0.497 e. The van der Waals surface area contributed by atoms with E-state index in [4.69, 9.17) is 4.74 Å². The zero-order valence-corrected chi connectivity index (χ0v) is 20.2. The minimum Gasteiger partial charge on any atom is -0.497 e. The van der Waals surface area contributed by atoms with Gasteiger partial charge in [-0.2, -0.15) is 0 Å². The first-order valence-electron chi connectivity index (χ1n) is 12.0. The lowest BCUT2D eigenvalue weighted by Crippen LogP contribution is -2.31. The number of pyridine rings is 1. The van der Waals surface area contributed by atoms with Gasteiger partial charge in [0.05, 0.1) is 12.7 Å². The summed E-state index contributed by atoms with van der Waals surface area (Å²) in [6, 6.07) is 17.3. The van der Waals surface area contributed by atoms with Crippen molar-refractivity contribution in [1.82, 2.24) is 9.88 Å². The molecular formula is C28H30N4O3. The number of aryl methyl sites for hydroxylation is 1. The summed E-state index contributed by atoms with van der Waals surface area (Å²) in [7, 11) is 1.67. The Morgan fingerprint density at radius 1 is 1.03 bits per heavy atom. The van der Waals surface area contributed by atoms with E-state index in [9.17, 15) is 9.59 Å². The molecule has 5 rings (SSSR count). The van der Waals surface area contributed by atoms with Crippen LogP contribution in [-0.4, -0.2) is 48.4 Å². The molecule has 1 aromatic heterocycles. The number of carbonyl (C=O) groups excluding carboxylic acids is 2. The van der Waals surface area contributed by atoms with Crippen molar-refractivity contribution < 1.29 is 14.3 Å². The van der Waals surface area contributed by atoms with Crippen molar-refractivity contribution in [3.63, 3.8) is 0 Å². The van der Waals surface area contributed by atoms with Crippen LogP contribution in [0.15, 0.2) is 60.8 Å². The normalized spacial score (nSPS) is 20.2. The minimum absolute atomic E-state index is 0.0119. The van der Waals surface area contributed by atoms with Crippen LogP contribution in [-0.2, 0) is 0 Å². The van der Waals surface area contributed by atoms with Crippen LogP contribution in [0, 0.1) is 18.8 Å². The highest BCUT2D eigenvalue weighted by Gasteiger charge is 2.57. The van der Waals surface area contributed by atoms with Gasteiger partial charge in [-0.05, 0) is 79.1 Å². The highest BCUT2D eigenvalue weighted by molar-refractivity contribution is 6.05. The Kier molecular flexibility index (Phi) is 6.16. The number of amides is 2. The number of benzene rings is 2. The van der Waals surface area contributed by atoms with E-state index in [1.54, 1.807) is 31.5 Å². The Morgan fingerprint density at radius 2 is 1.74 bits per heavy atom. The summed E-state index contributed by atoms with van der Waals surface area (Å²) in [6.45, 7) is 6.20. The van der Waals surface area contributed by atoms with E-state index in [1.807, 2.05) is 43.0 Å². The van der Waals surface area contributed by atoms with Crippen molar-refractivity contribution in [3.8, 4) is 5.75 Å². The van der Waals surface area contributed by atoms with Crippen LogP contribution in [0.4, 0.5) is 11.5 Å². The predicted molar refractivity (Wildman–Crippen MR) is 136 cm³/mol. The Balaban J connectivity index is 1.23. The number of likely N-dealkylation sites (tertiary alicyclic amines) is 1. The average molecular weight is 471 g/mol. The highest BCUT2D eigenvalue weighted by Crippen LogP contribution is 2.58. The molecule has 2 aromatic carbocycles. The molecule has 1 saturated heterocycles. The van der Waals surface area contributed by atoms with Gasteiger partial charge < -0.3 is 20.3 Å². The summed E-state index contributed by atoms with van der Waals surface area (Å²) >= 11 is 0. The standard InChI is InChI=1S/C28H30N4O3/c1-4-29-25-12-9-20(14-30-25)27(33)31-24-13-19(6-5-17(24)2)28(34)32-15-22-23(16-32)26(22)18-7-10-21(35-3)11-8-18/h5-14,22-23,26H,4,15-16H2,1-3H3,(H,29,30)(H,31,33)/t22-,23+,26+. The summed E-state index contributed by atoms with van der Waals surface area (Å²) in [5.74, 6) is 2.89. The molecule has 1 aliphatic carbocycles. The second-order valence-electron chi connectivity index (χ2n) is 9.28. The predicted octanol–water partition coefficient (Wildman–Crippen LogP) is 4.57. The van der Waals surface area contributed by atoms with Gasteiger partial charge in [-0.3, -0.25) is 9.59 Å². The van der Waals surface area contributed by atoms with Gasteiger partial charge in [-0.1, -0.05) is 18.2 Å². The van der Waals surface area contributed by atoms with Crippen LogP contribution in [0.1, 0.15) is 44.7 Å². The molecular weight excluding hydrogens is 440 g/mol. The molecule has 35 heavy (non-hydrogen) atoms. The van der Waals surface area contributed by atoms with Gasteiger partial charge in [0, 0.05) is 37.1 Å². The van der Waals surface area contributed by atoms with E-state index in [1.165, 1.54) is 5.56 Å². The fraction of sp³-hybridized carbons (Fsp3) is 0.321. The van der Waals surface area contributed by atoms with E-state index >= 15 is 0 Å². The third-order valence-electron chi connectivity index (χ3n) is 7.10. The number of methoxy groups -OCH3 is 1. The molecule has 0 bridgehead atoms. The second kappa shape index (κ2) is 9.41. The van der Waals surface area contributed by atoms with Gasteiger partial charge in [-0.15, -0.1) is 0 Å². The molecule has 1 aliphatic heterocycles. The molecule has 2 fully saturated rings. The van der Waals surface area contributed by atoms with E-state index < -0.39 is 0 Å². The lowest BCUT2D eigenvalue weighted by Gasteiger charge is -2.21. The molecule has 3 aromatic rings. The van der Waals surface area contributed by atoms with E-state index in [0.29, 0.717) is 34.6 Å². The zero-order chi connectivity index (χ0) is 24.5.